The first-order chi connectivity index (χ1) is 16.5. The van der Waals surface area contributed by atoms with Crippen LogP contribution < -0.4 is 0 Å². The maximum Gasteiger partial charge on any atom is 0.254 e. The second kappa shape index (κ2) is 8.24. The van der Waals surface area contributed by atoms with E-state index in [1.54, 1.807) is 9.80 Å². The van der Waals surface area contributed by atoms with E-state index in [1.165, 1.54) is 19.3 Å². The minimum Gasteiger partial charge on any atom is -0.380 e. The molecule has 0 atom stereocenters. The second-order valence-electron chi connectivity index (χ2n) is 10.1. The first-order valence-electron chi connectivity index (χ1n) is 12.4. The molecule has 176 valence electrons. The van der Waals surface area contributed by atoms with E-state index in [0.717, 1.165) is 34.5 Å². The highest BCUT2D eigenvalue weighted by atomic mass is 16.3. The summed E-state index contributed by atoms with van der Waals surface area (Å²) >= 11 is 0. The van der Waals surface area contributed by atoms with E-state index in [0.29, 0.717) is 44.6 Å². The van der Waals surface area contributed by atoms with Crippen molar-refractivity contribution in [1.29, 1.82) is 0 Å². The Morgan fingerprint density at radius 3 is 2.26 bits per heavy atom. The molecule has 34 heavy (non-hydrogen) atoms. The molecule has 2 aliphatic carbocycles. The minimum atomic E-state index is -1.14. The Morgan fingerprint density at radius 2 is 1.62 bits per heavy atom. The lowest BCUT2D eigenvalue weighted by molar-refractivity contribution is -0.143. The standard InChI is InChI=1S/C27H30N4O3/c32-25(29-12-14-30(15-13-29)26(33)27(34)10-11-27)21-6-4-20(5-7-21)22-8-9-23-17-28-31(24(23)16-22)18-19-2-1-3-19/h4-9,16-17,19,34H,1-3,10-15,18H2. The Labute approximate surface area is 199 Å². The topological polar surface area (TPSA) is 78.7 Å². The first-order valence-corrected chi connectivity index (χ1v) is 12.4. The van der Waals surface area contributed by atoms with E-state index < -0.39 is 5.60 Å². The van der Waals surface area contributed by atoms with Crippen LogP contribution in [0.15, 0.2) is 48.7 Å². The Kier molecular flexibility index (Phi) is 5.17. The molecule has 0 radical (unpaired) electrons. The number of benzene rings is 2. The molecule has 3 aromatic rings. The normalized spacial score (nSPS) is 19.8. The van der Waals surface area contributed by atoms with Crippen LogP contribution in [0.4, 0.5) is 0 Å². The van der Waals surface area contributed by atoms with Crippen LogP contribution in [0.2, 0.25) is 0 Å². The van der Waals surface area contributed by atoms with Crippen molar-refractivity contribution < 1.29 is 14.7 Å². The van der Waals surface area contributed by atoms with Gasteiger partial charge in [0, 0.05) is 43.7 Å². The lowest BCUT2D eigenvalue weighted by Gasteiger charge is -2.35. The maximum absolute atomic E-state index is 13.0. The van der Waals surface area contributed by atoms with Gasteiger partial charge < -0.3 is 14.9 Å². The highest BCUT2D eigenvalue weighted by Gasteiger charge is 2.50. The lowest BCUT2D eigenvalue weighted by atomic mass is 9.85. The predicted molar refractivity (Wildman–Crippen MR) is 129 cm³/mol. The fraction of sp³-hybridized carbons (Fsp3) is 0.444. The molecule has 1 saturated heterocycles. The molecule has 0 spiro atoms. The van der Waals surface area contributed by atoms with Crippen LogP contribution in [0.1, 0.15) is 42.5 Å². The molecule has 7 nitrogen and oxygen atoms in total. The molecule has 2 saturated carbocycles. The molecule has 1 aromatic heterocycles. The van der Waals surface area contributed by atoms with E-state index in [2.05, 4.69) is 28.0 Å². The van der Waals surface area contributed by atoms with Gasteiger partial charge in [0.1, 0.15) is 5.60 Å². The van der Waals surface area contributed by atoms with Crippen molar-refractivity contribution in [3.05, 3.63) is 54.2 Å². The number of aromatic nitrogens is 2. The number of aliphatic hydroxyl groups is 1. The van der Waals surface area contributed by atoms with Crippen LogP contribution in [0.3, 0.4) is 0 Å². The fourth-order valence-corrected chi connectivity index (χ4v) is 5.04. The number of hydrogen-bond acceptors (Lipinski definition) is 4. The highest BCUT2D eigenvalue weighted by Crippen LogP contribution is 2.37. The van der Waals surface area contributed by atoms with Gasteiger partial charge in [-0.2, -0.15) is 5.10 Å². The molecule has 0 unspecified atom stereocenters. The average Bonchev–Trinajstić information content (AvgIpc) is 3.48. The van der Waals surface area contributed by atoms with Gasteiger partial charge in [0.2, 0.25) is 0 Å². The van der Waals surface area contributed by atoms with Crippen LogP contribution in [0.25, 0.3) is 22.0 Å². The van der Waals surface area contributed by atoms with Gasteiger partial charge in [-0.1, -0.05) is 30.7 Å². The third kappa shape index (κ3) is 3.88. The number of nitrogens with zero attached hydrogens (tertiary/aromatic N) is 4. The SMILES string of the molecule is O=C(c1ccc(-c2ccc3cnn(CC4CCC4)c3c2)cc1)N1CCN(C(=O)C2(O)CC2)CC1. The monoisotopic (exact) mass is 458 g/mol. The second-order valence-corrected chi connectivity index (χ2v) is 10.1. The molecule has 2 aromatic carbocycles. The molecule has 6 rings (SSSR count). The van der Waals surface area contributed by atoms with Gasteiger partial charge in [0.05, 0.1) is 11.7 Å². The first kappa shape index (κ1) is 21.4. The fourth-order valence-electron chi connectivity index (χ4n) is 5.04. The number of carbonyl (C=O) groups is 2. The van der Waals surface area contributed by atoms with Crippen molar-refractivity contribution in [1.82, 2.24) is 19.6 Å². The molecule has 1 aliphatic heterocycles. The van der Waals surface area contributed by atoms with Gasteiger partial charge in [-0.05, 0) is 60.9 Å². The van der Waals surface area contributed by atoms with Gasteiger partial charge in [0.25, 0.3) is 11.8 Å². The zero-order valence-corrected chi connectivity index (χ0v) is 19.3. The summed E-state index contributed by atoms with van der Waals surface area (Å²) < 4.78 is 2.13. The Hall–Kier alpha value is -3.19. The number of hydrogen-bond donors (Lipinski definition) is 1. The summed E-state index contributed by atoms with van der Waals surface area (Å²) in [6.07, 6.45) is 6.96. The lowest BCUT2D eigenvalue weighted by Crippen LogP contribution is -2.53. The van der Waals surface area contributed by atoms with E-state index in [9.17, 15) is 14.7 Å². The Bertz CT molecular complexity index is 1230. The number of rotatable bonds is 5. The molecule has 1 N–H and O–H groups in total. The summed E-state index contributed by atoms with van der Waals surface area (Å²) in [6, 6.07) is 14.2. The van der Waals surface area contributed by atoms with Crippen LogP contribution in [-0.4, -0.2) is 68.3 Å². The number of fused-ring (bicyclic) bond motifs is 1. The summed E-state index contributed by atoms with van der Waals surface area (Å²) in [5.74, 6) is 0.545. The van der Waals surface area contributed by atoms with Gasteiger partial charge in [-0.15, -0.1) is 0 Å². The number of amides is 2. The minimum absolute atomic E-state index is 0.0159. The van der Waals surface area contributed by atoms with Gasteiger partial charge in [-0.25, -0.2) is 0 Å². The van der Waals surface area contributed by atoms with Crippen LogP contribution in [-0.2, 0) is 11.3 Å². The smallest absolute Gasteiger partial charge is 0.254 e. The van der Waals surface area contributed by atoms with Crippen molar-refractivity contribution >= 4 is 22.7 Å². The largest absolute Gasteiger partial charge is 0.380 e. The zero-order chi connectivity index (χ0) is 23.3. The quantitative estimate of drug-likeness (QED) is 0.636. The summed E-state index contributed by atoms with van der Waals surface area (Å²) in [5, 5.41) is 15.8. The van der Waals surface area contributed by atoms with Crippen LogP contribution >= 0.6 is 0 Å². The summed E-state index contributed by atoms with van der Waals surface area (Å²) in [4.78, 5) is 28.8. The molecular weight excluding hydrogens is 428 g/mol. The van der Waals surface area contributed by atoms with E-state index >= 15 is 0 Å². The van der Waals surface area contributed by atoms with Crippen molar-refractivity contribution in [3.8, 4) is 11.1 Å². The van der Waals surface area contributed by atoms with Gasteiger partial charge in [0.15, 0.2) is 0 Å². The van der Waals surface area contributed by atoms with Crippen molar-refractivity contribution in [2.75, 3.05) is 26.2 Å². The molecular formula is C27H30N4O3. The van der Waals surface area contributed by atoms with Crippen molar-refractivity contribution in [3.63, 3.8) is 0 Å². The van der Waals surface area contributed by atoms with E-state index in [-0.39, 0.29) is 11.8 Å². The predicted octanol–water partition coefficient (Wildman–Crippen LogP) is 3.31. The van der Waals surface area contributed by atoms with Crippen LogP contribution in [0.5, 0.6) is 0 Å². The van der Waals surface area contributed by atoms with Gasteiger partial charge in [-0.3, -0.25) is 14.3 Å². The zero-order valence-electron chi connectivity index (χ0n) is 19.3. The van der Waals surface area contributed by atoms with Crippen molar-refractivity contribution in [2.24, 2.45) is 5.92 Å². The molecule has 7 heteroatoms. The number of carbonyl (C=O) groups excluding carboxylic acids is 2. The third-order valence-electron chi connectivity index (χ3n) is 7.74. The van der Waals surface area contributed by atoms with E-state index in [4.69, 9.17) is 0 Å². The molecule has 3 fully saturated rings. The van der Waals surface area contributed by atoms with Crippen molar-refractivity contribution in [2.45, 2.75) is 44.2 Å². The maximum atomic E-state index is 13.0. The third-order valence-corrected chi connectivity index (χ3v) is 7.74. The highest BCUT2D eigenvalue weighted by molar-refractivity contribution is 5.95. The molecule has 3 aliphatic rings. The average molecular weight is 459 g/mol. The number of piperazine rings is 1. The van der Waals surface area contributed by atoms with E-state index in [1.807, 2.05) is 30.5 Å². The van der Waals surface area contributed by atoms with Gasteiger partial charge >= 0.3 is 0 Å². The molecule has 2 heterocycles. The molecule has 0 bridgehead atoms. The van der Waals surface area contributed by atoms with Crippen LogP contribution in [0, 0.1) is 5.92 Å². The summed E-state index contributed by atoms with van der Waals surface area (Å²) in [5.41, 5.74) is 2.86. The Balaban J connectivity index is 1.13. The Morgan fingerprint density at radius 1 is 0.941 bits per heavy atom. The molecule has 2 amide bonds. The summed E-state index contributed by atoms with van der Waals surface area (Å²) in [6.45, 7) is 2.91. The summed E-state index contributed by atoms with van der Waals surface area (Å²) in [7, 11) is 0.